The minimum Gasteiger partial charge on any atom is -0.454 e. The first-order valence-electron chi connectivity index (χ1n) is 9.18. The summed E-state index contributed by atoms with van der Waals surface area (Å²) < 4.78 is 10.7. The number of nitrogens with one attached hydrogen (secondary N) is 1. The number of nitrogens with zero attached hydrogens (tertiary/aromatic N) is 2. The van der Waals surface area contributed by atoms with Crippen LogP contribution in [0.3, 0.4) is 0 Å². The third-order valence-corrected chi connectivity index (χ3v) is 5.82. The molecule has 1 N–H and O–H groups in total. The van der Waals surface area contributed by atoms with Gasteiger partial charge >= 0.3 is 0 Å². The summed E-state index contributed by atoms with van der Waals surface area (Å²) in [6.45, 7) is 0.514. The molecule has 0 aliphatic carbocycles. The summed E-state index contributed by atoms with van der Waals surface area (Å²) in [5.74, 6) is 0.623. The first-order chi connectivity index (χ1) is 14.2. The maximum absolute atomic E-state index is 12.7. The standard InChI is InChI=1S/C21H17N3O4S/c25-19-9-14(11-24(19)16-5-6-17-18(10-16)28-12-27-17)20(26)23-15-3-1-13(2-4-15)21-22-7-8-29-21/h1-8,10,14H,9,11-12H2,(H,23,26)/t14-/m1/s1. The molecule has 2 aliphatic heterocycles. The lowest BCUT2D eigenvalue weighted by molar-refractivity contribution is -0.122. The molecule has 1 aromatic heterocycles. The number of hydrogen-bond donors (Lipinski definition) is 1. The molecular formula is C21H17N3O4S. The molecule has 5 rings (SSSR count). The number of fused-ring (bicyclic) bond motifs is 1. The van der Waals surface area contributed by atoms with Gasteiger partial charge in [-0.05, 0) is 36.4 Å². The van der Waals surface area contributed by atoms with Gasteiger partial charge in [-0.1, -0.05) is 0 Å². The SMILES string of the molecule is O=C(Nc1ccc(-c2nccs2)cc1)[C@@H]1CC(=O)N(c2ccc3c(c2)OCO3)C1. The lowest BCUT2D eigenvalue weighted by Crippen LogP contribution is -2.28. The van der Waals surface area contributed by atoms with E-state index in [1.54, 1.807) is 34.6 Å². The molecule has 1 fully saturated rings. The average molecular weight is 407 g/mol. The molecule has 1 saturated heterocycles. The van der Waals surface area contributed by atoms with E-state index >= 15 is 0 Å². The molecule has 0 radical (unpaired) electrons. The Labute approximate surface area is 170 Å². The fourth-order valence-corrected chi connectivity index (χ4v) is 4.14. The van der Waals surface area contributed by atoms with E-state index in [1.807, 2.05) is 35.7 Å². The molecule has 0 spiro atoms. The number of benzene rings is 2. The number of ether oxygens (including phenoxy) is 2. The number of amides is 2. The molecule has 0 bridgehead atoms. The van der Waals surface area contributed by atoms with E-state index < -0.39 is 5.92 Å². The van der Waals surface area contributed by atoms with Gasteiger partial charge in [-0.25, -0.2) is 4.98 Å². The second-order valence-corrected chi connectivity index (χ2v) is 7.74. The van der Waals surface area contributed by atoms with Crippen molar-refractivity contribution in [2.24, 2.45) is 5.92 Å². The molecular weight excluding hydrogens is 390 g/mol. The van der Waals surface area contributed by atoms with E-state index in [-0.39, 0.29) is 25.0 Å². The summed E-state index contributed by atoms with van der Waals surface area (Å²) in [5.41, 5.74) is 2.41. The highest BCUT2D eigenvalue weighted by Gasteiger charge is 2.35. The first kappa shape index (κ1) is 17.7. The summed E-state index contributed by atoms with van der Waals surface area (Å²) >= 11 is 1.56. The van der Waals surface area contributed by atoms with E-state index in [0.29, 0.717) is 29.4 Å². The second-order valence-electron chi connectivity index (χ2n) is 6.85. The van der Waals surface area contributed by atoms with E-state index in [4.69, 9.17) is 9.47 Å². The molecule has 146 valence electrons. The van der Waals surface area contributed by atoms with E-state index in [1.165, 1.54) is 0 Å². The van der Waals surface area contributed by atoms with Crippen molar-refractivity contribution < 1.29 is 19.1 Å². The van der Waals surface area contributed by atoms with Crippen LogP contribution in [0.2, 0.25) is 0 Å². The number of carbonyl (C=O) groups excluding carboxylic acids is 2. The summed E-state index contributed by atoms with van der Waals surface area (Å²) in [7, 11) is 0. The molecule has 0 saturated carbocycles. The van der Waals surface area contributed by atoms with Gasteiger partial charge in [0.1, 0.15) is 5.01 Å². The third-order valence-electron chi connectivity index (χ3n) is 5.00. The second kappa shape index (κ2) is 7.21. The van der Waals surface area contributed by atoms with Crippen molar-refractivity contribution >= 4 is 34.5 Å². The maximum Gasteiger partial charge on any atom is 0.231 e. The van der Waals surface area contributed by atoms with Gasteiger partial charge in [0.2, 0.25) is 18.6 Å². The lowest BCUT2D eigenvalue weighted by Gasteiger charge is -2.17. The molecule has 2 amide bonds. The molecule has 3 heterocycles. The molecule has 3 aromatic rings. The van der Waals surface area contributed by atoms with Crippen LogP contribution in [0.4, 0.5) is 11.4 Å². The predicted octanol–water partition coefficient (Wildman–Crippen LogP) is 3.53. The zero-order chi connectivity index (χ0) is 19.8. The van der Waals surface area contributed by atoms with Crippen LogP contribution in [0.15, 0.2) is 54.0 Å². The Morgan fingerprint density at radius 1 is 1.14 bits per heavy atom. The molecule has 7 nitrogen and oxygen atoms in total. The van der Waals surface area contributed by atoms with Crippen molar-refractivity contribution in [3.8, 4) is 22.1 Å². The molecule has 29 heavy (non-hydrogen) atoms. The van der Waals surface area contributed by atoms with Gasteiger partial charge in [-0.2, -0.15) is 0 Å². The smallest absolute Gasteiger partial charge is 0.231 e. The minimum atomic E-state index is -0.411. The van der Waals surface area contributed by atoms with Crippen molar-refractivity contribution in [3.05, 3.63) is 54.0 Å². The van der Waals surface area contributed by atoms with Gasteiger partial charge < -0.3 is 19.7 Å². The normalized spacial score (nSPS) is 17.6. The molecule has 2 aromatic carbocycles. The van der Waals surface area contributed by atoms with Crippen LogP contribution in [0.25, 0.3) is 10.6 Å². The summed E-state index contributed by atoms with van der Waals surface area (Å²) in [6, 6.07) is 12.9. The summed E-state index contributed by atoms with van der Waals surface area (Å²) in [6.07, 6.45) is 1.94. The summed E-state index contributed by atoms with van der Waals surface area (Å²) in [5, 5.41) is 5.77. The van der Waals surface area contributed by atoms with Gasteiger partial charge in [0.25, 0.3) is 0 Å². The van der Waals surface area contributed by atoms with E-state index in [2.05, 4.69) is 10.3 Å². The Morgan fingerprint density at radius 2 is 1.97 bits per heavy atom. The van der Waals surface area contributed by atoms with Gasteiger partial charge in [-0.15, -0.1) is 11.3 Å². The number of thiazole rings is 1. The van der Waals surface area contributed by atoms with Crippen LogP contribution >= 0.6 is 11.3 Å². The van der Waals surface area contributed by atoms with Gasteiger partial charge in [0.15, 0.2) is 11.5 Å². The fraction of sp³-hybridized carbons (Fsp3) is 0.190. The molecule has 0 unspecified atom stereocenters. The molecule has 8 heteroatoms. The van der Waals surface area contributed by atoms with Gasteiger partial charge in [0, 0.05) is 47.5 Å². The Hall–Kier alpha value is -3.39. The number of anilines is 2. The first-order valence-corrected chi connectivity index (χ1v) is 10.1. The van der Waals surface area contributed by atoms with Crippen molar-refractivity contribution in [1.29, 1.82) is 0 Å². The quantitative estimate of drug-likeness (QED) is 0.716. The Bertz CT molecular complexity index is 1070. The highest BCUT2D eigenvalue weighted by atomic mass is 32.1. The third kappa shape index (κ3) is 3.42. The van der Waals surface area contributed by atoms with Gasteiger partial charge in [-0.3, -0.25) is 9.59 Å². The highest BCUT2D eigenvalue weighted by molar-refractivity contribution is 7.13. The van der Waals surface area contributed by atoms with Crippen LogP contribution in [-0.4, -0.2) is 30.1 Å². The Morgan fingerprint density at radius 3 is 2.76 bits per heavy atom. The number of hydrogen-bond acceptors (Lipinski definition) is 6. The monoisotopic (exact) mass is 407 g/mol. The topological polar surface area (TPSA) is 80.8 Å². The zero-order valence-electron chi connectivity index (χ0n) is 15.3. The van der Waals surface area contributed by atoms with Crippen LogP contribution < -0.4 is 19.7 Å². The van der Waals surface area contributed by atoms with Crippen LogP contribution in [0, 0.1) is 5.92 Å². The largest absolute Gasteiger partial charge is 0.454 e. The van der Waals surface area contributed by atoms with Crippen molar-refractivity contribution in [2.75, 3.05) is 23.6 Å². The van der Waals surface area contributed by atoms with Crippen LogP contribution in [0.5, 0.6) is 11.5 Å². The van der Waals surface area contributed by atoms with Crippen molar-refractivity contribution in [3.63, 3.8) is 0 Å². The lowest BCUT2D eigenvalue weighted by atomic mass is 10.1. The zero-order valence-corrected chi connectivity index (χ0v) is 16.1. The number of carbonyl (C=O) groups is 2. The van der Waals surface area contributed by atoms with Crippen LogP contribution in [-0.2, 0) is 9.59 Å². The molecule has 2 aliphatic rings. The Balaban J connectivity index is 1.26. The van der Waals surface area contributed by atoms with Crippen molar-refractivity contribution in [1.82, 2.24) is 4.98 Å². The number of rotatable bonds is 4. The molecule has 1 atom stereocenters. The van der Waals surface area contributed by atoms with E-state index in [9.17, 15) is 9.59 Å². The van der Waals surface area contributed by atoms with Crippen LogP contribution in [0.1, 0.15) is 6.42 Å². The van der Waals surface area contributed by atoms with Gasteiger partial charge in [0.05, 0.1) is 5.92 Å². The van der Waals surface area contributed by atoms with Crippen molar-refractivity contribution in [2.45, 2.75) is 6.42 Å². The Kier molecular flexibility index (Phi) is 4.40. The summed E-state index contributed by atoms with van der Waals surface area (Å²) in [4.78, 5) is 31.1. The average Bonchev–Trinajstić information content (AvgIpc) is 3.48. The number of aromatic nitrogens is 1. The maximum atomic E-state index is 12.7. The predicted molar refractivity (Wildman–Crippen MR) is 109 cm³/mol. The fourth-order valence-electron chi connectivity index (χ4n) is 3.49. The minimum absolute atomic E-state index is 0.0804. The van der Waals surface area contributed by atoms with E-state index in [0.717, 1.165) is 10.6 Å². The highest BCUT2D eigenvalue weighted by Crippen LogP contribution is 2.37.